The fourth-order valence-electron chi connectivity index (χ4n) is 0.984. The van der Waals surface area contributed by atoms with Gasteiger partial charge < -0.3 is 4.74 Å². The molecule has 0 saturated carbocycles. The molecule has 0 spiro atoms. The minimum atomic E-state index is -0.316. The standard InChI is InChI=1S/C6H6N4O2/c1-12-5-3-4(7-2-8-5)10-6(11)9-3/h2H,1H3,(H2,7,8,9,10,11). The minimum absolute atomic E-state index is 0.316. The molecule has 2 aromatic heterocycles. The van der Waals surface area contributed by atoms with Crippen LogP contribution in [0.3, 0.4) is 0 Å². The summed E-state index contributed by atoms with van der Waals surface area (Å²) >= 11 is 0. The second-order valence-electron chi connectivity index (χ2n) is 2.19. The van der Waals surface area contributed by atoms with Crippen LogP contribution < -0.4 is 10.4 Å². The van der Waals surface area contributed by atoms with Crippen LogP contribution in [0.1, 0.15) is 0 Å². The van der Waals surface area contributed by atoms with Gasteiger partial charge in [0.25, 0.3) is 0 Å². The highest BCUT2D eigenvalue weighted by Crippen LogP contribution is 2.13. The van der Waals surface area contributed by atoms with Crippen molar-refractivity contribution in [2.75, 3.05) is 7.11 Å². The van der Waals surface area contributed by atoms with Crippen molar-refractivity contribution >= 4 is 11.2 Å². The molecule has 12 heavy (non-hydrogen) atoms. The van der Waals surface area contributed by atoms with Crippen molar-refractivity contribution in [2.24, 2.45) is 0 Å². The van der Waals surface area contributed by atoms with Crippen molar-refractivity contribution in [3.05, 3.63) is 16.8 Å². The molecule has 0 atom stereocenters. The van der Waals surface area contributed by atoms with Crippen LogP contribution in [0, 0.1) is 0 Å². The van der Waals surface area contributed by atoms with Crippen LogP contribution in [0.25, 0.3) is 11.2 Å². The summed E-state index contributed by atoms with van der Waals surface area (Å²) < 4.78 is 4.90. The normalized spacial score (nSPS) is 10.4. The Balaban J connectivity index is 2.87. The highest BCUT2D eigenvalue weighted by Gasteiger charge is 2.05. The van der Waals surface area contributed by atoms with Gasteiger partial charge in [-0.3, -0.25) is 9.97 Å². The molecule has 2 aromatic rings. The average Bonchev–Trinajstić information content (AvgIpc) is 2.44. The number of hydrogen-bond acceptors (Lipinski definition) is 4. The largest absolute Gasteiger partial charge is 0.479 e. The van der Waals surface area contributed by atoms with Crippen molar-refractivity contribution in [1.29, 1.82) is 0 Å². The molecule has 2 heterocycles. The topological polar surface area (TPSA) is 83.7 Å². The molecule has 6 heteroatoms. The molecule has 0 aliphatic carbocycles. The summed E-state index contributed by atoms with van der Waals surface area (Å²) in [6.07, 6.45) is 1.32. The molecule has 0 aliphatic heterocycles. The first-order chi connectivity index (χ1) is 5.81. The lowest BCUT2D eigenvalue weighted by Gasteiger charge is -1.96. The third-order valence-electron chi connectivity index (χ3n) is 1.48. The first-order valence-corrected chi connectivity index (χ1v) is 3.28. The number of hydrogen-bond donors (Lipinski definition) is 2. The molecule has 0 fully saturated rings. The highest BCUT2D eigenvalue weighted by atomic mass is 16.5. The van der Waals surface area contributed by atoms with E-state index >= 15 is 0 Å². The molecule has 0 aliphatic rings. The lowest BCUT2D eigenvalue weighted by atomic mass is 10.5. The molecule has 0 unspecified atom stereocenters. The van der Waals surface area contributed by atoms with Crippen LogP contribution >= 0.6 is 0 Å². The van der Waals surface area contributed by atoms with E-state index in [0.717, 1.165) is 0 Å². The van der Waals surface area contributed by atoms with Gasteiger partial charge in [-0.25, -0.2) is 9.78 Å². The Bertz CT molecular complexity index is 458. The van der Waals surface area contributed by atoms with Crippen LogP contribution in [0.5, 0.6) is 5.88 Å². The quantitative estimate of drug-likeness (QED) is 0.606. The van der Waals surface area contributed by atoms with Gasteiger partial charge in [-0.2, -0.15) is 4.98 Å². The van der Waals surface area contributed by atoms with E-state index in [1.165, 1.54) is 13.4 Å². The van der Waals surface area contributed by atoms with E-state index < -0.39 is 0 Å². The van der Waals surface area contributed by atoms with E-state index in [1.807, 2.05) is 0 Å². The first kappa shape index (κ1) is 6.84. The maximum absolute atomic E-state index is 10.8. The van der Waals surface area contributed by atoms with Gasteiger partial charge in [0.05, 0.1) is 7.11 Å². The molecule has 0 bridgehead atoms. The summed E-state index contributed by atoms with van der Waals surface area (Å²) in [5, 5.41) is 0. The van der Waals surface area contributed by atoms with Crippen molar-refractivity contribution in [1.82, 2.24) is 19.9 Å². The van der Waals surface area contributed by atoms with Crippen LogP contribution in [0.2, 0.25) is 0 Å². The Hall–Kier alpha value is -1.85. The summed E-state index contributed by atoms with van der Waals surface area (Å²) in [5.74, 6) is 0.360. The van der Waals surface area contributed by atoms with E-state index in [4.69, 9.17) is 4.74 Å². The molecule has 62 valence electrons. The number of methoxy groups -OCH3 is 1. The van der Waals surface area contributed by atoms with Gasteiger partial charge in [0, 0.05) is 0 Å². The van der Waals surface area contributed by atoms with E-state index in [1.54, 1.807) is 0 Å². The summed E-state index contributed by atoms with van der Waals surface area (Å²) in [4.78, 5) is 23.5. The molecule has 2 rings (SSSR count). The van der Waals surface area contributed by atoms with Crippen LogP contribution in [-0.4, -0.2) is 27.0 Å². The van der Waals surface area contributed by atoms with E-state index in [0.29, 0.717) is 17.0 Å². The summed E-state index contributed by atoms with van der Waals surface area (Å²) in [6.45, 7) is 0. The van der Waals surface area contributed by atoms with Gasteiger partial charge in [-0.1, -0.05) is 0 Å². The molecular weight excluding hydrogens is 160 g/mol. The van der Waals surface area contributed by atoms with Crippen molar-refractivity contribution in [3.63, 3.8) is 0 Å². The number of rotatable bonds is 1. The first-order valence-electron chi connectivity index (χ1n) is 3.28. The number of H-pyrrole nitrogens is 2. The predicted molar refractivity (Wildman–Crippen MR) is 41.1 cm³/mol. The number of aromatic nitrogens is 4. The Morgan fingerprint density at radius 2 is 2.25 bits per heavy atom. The fourth-order valence-corrected chi connectivity index (χ4v) is 0.984. The SMILES string of the molecule is COc1ncnc2[nH]c(=O)[nH]c12. The zero-order chi connectivity index (χ0) is 8.55. The summed E-state index contributed by atoms with van der Waals surface area (Å²) in [5.41, 5.74) is 0.626. The van der Waals surface area contributed by atoms with Gasteiger partial charge in [0.1, 0.15) is 11.8 Å². The van der Waals surface area contributed by atoms with Gasteiger partial charge >= 0.3 is 5.69 Å². The van der Waals surface area contributed by atoms with E-state index in [2.05, 4.69) is 19.9 Å². The Morgan fingerprint density at radius 3 is 3.00 bits per heavy atom. The molecule has 0 saturated heterocycles. The molecule has 0 amide bonds. The predicted octanol–water partition coefficient (Wildman–Crippen LogP) is -0.345. The van der Waals surface area contributed by atoms with Crippen LogP contribution in [0.15, 0.2) is 11.1 Å². The van der Waals surface area contributed by atoms with E-state index in [-0.39, 0.29) is 5.69 Å². The molecule has 0 aromatic carbocycles. The molecule has 0 radical (unpaired) electrons. The Morgan fingerprint density at radius 1 is 1.42 bits per heavy atom. The number of fused-ring (bicyclic) bond motifs is 1. The summed E-state index contributed by atoms with van der Waals surface area (Å²) in [6, 6.07) is 0. The molecular formula is C6H6N4O2. The molecule has 2 N–H and O–H groups in total. The highest BCUT2D eigenvalue weighted by molar-refractivity contribution is 5.74. The molecule has 6 nitrogen and oxygen atoms in total. The van der Waals surface area contributed by atoms with Crippen molar-refractivity contribution in [2.45, 2.75) is 0 Å². The van der Waals surface area contributed by atoms with E-state index in [9.17, 15) is 4.79 Å². The number of imidazole rings is 1. The number of aromatic amines is 2. The zero-order valence-electron chi connectivity index (χ0n) is 6.29. The zero-order valence-corrected chi connectivity index (χ0v) is 6.29. The van der Waals surface area contributed by atoms with Gasteiger partial charge in [0.15, 0.2) is 5.65 Å². The van der Waals surface area contributed by atoms with Crippen molar-refractivity contribution in [3.8, 4) is 5.88 Å². The third-order valence-corrected chi connectivity index (χ3v) is 1.48. The second-order valence-corrected chi connectivity index (χ2v) is 2.19. The van der Waals surface area contributed by atoms with Gasteiger partial charge in [-0.05, 0) is 0 Å². The minimum Gasteiger partial charge on any atom is -0.479 e. The lowest BCUT2D eigenvalue weighted by molar-refractivity contribution is 0.401. The number of nitrogens with zero attached hydrogens (tertiary/aromatic N) is 2. The van der Waals surface area contributed by atoms with Gasteiger partial charge in [0.2, 0.25) is 5.88 Å². The maximum atomic E-state index is 10.8. The Labute approximate surface area is 66.6 Å². The van der Waals surface area contributed by atoms with Crippen LogP contribution in [0.4, 0.5) is 0 Å². The fraction of sp³-hybridized carbons (Fsp3) is 0.167. The number of nitrogens with one attached hydrogen (secondary N) is 2. The Kier molecular flexibility index (Phi) is 1.33. The summed E-state index contributed by atoms with van der Waals surface area (Å²) in [7, 11) is 1.48. The lowest BCUT2D eigenvalue weighted by Crippen LogP contribution is -1.99. The van der Waals surface area contributed by atoms with Gasteiger partial charge in [-0.15, -0.1) is 0 Å². The smallest absolute Gasteiger partial charge is 0.325 e. The second kappa shape index (κ2) is 2.33. The maximum Gasteiger partial charge on any atom is 0.325 e. The monoisotopic (exact) mass is 166 g/mol. The number of ether oxygens (including phenoxy) is 1. The van der Waals surface area contributed by atoms with Crippen LogP contribution in [-0.2, 0) is 0 Å². The van der Waals surface area contributed by atoms with Crippen molar-refractivity contribution < 1.29 is 4.74 Å². The third kappa shape index (κ3) is 0.849. The average molecular weight is 166 g/mol.